The van der Waals surface area contributed by atoms with Gasteiger partial charge in [-0.25, -0.2) is 10.2 Å². The summed E-state index contributed by atoms with van der Waals surface area (Å²) in [7, 11) is 0. The zero-order chi connectivity index (χ0) is 26.2. The van der Waals surface area contributed by atoms with E-state index in [1.54, 1.807) is 44.3 Å². The van der Waals surface area contributed by atoms with Gasteiger partial charge >= 0.3 is 5.97 Å². The van der Waals surface area contributed by atoms with Crippen LogP contribution in [0.1, 0.15) is 56.1 Å². The minimum absolute atomic E-state index is 0.248. The summed E-state index contributed by atoms with van der Waals surface area (Å²) in [6.45, 7) is 9.29. The second-order valence-corrected chi connectivity index (χ2v) is 9.32. The number of aryl methyl sites for hydroxylation is 2. The monoisotopic (exact) mass is 507 g/mol. The smallest absolute Gasteiger partial charge is 0.341 e. The van der Waals surface area contributed by atoms with Crippen molar-refractivity contribution >= 4 is 40.3 Å². The van der Waals surface area contributed by atoms with Gasteiger partial charge in [-0.2, -0.15) is 5.10 Å². The van der Waals surface area contributed by atoms with Crippen LogP contribution in [0.2, 0.25) is 0 Å². The molecule has 0 saturated carbocycles. The molecular weight excluding hydrogens is 478 g/mol. The average molecular weight is 508 g/mol. The lowest BCUT2D eigenvalue weighted by Gasteiger charge is -2.13. The van der Waals surface area contributed by atoms with Gasteiger partial charge in [0.2, 0.25) is 0 Å². The van der Waals surface area contributed by atoms with Crippen LogP contribution in [0.5, 0.6) is 5.75 Å². The maximum atomic E-state index is 12.8. The van der Waals surface area contributed by atoms with Crippen molar-refractivity contribution in [3.05, 3.63) is 81.2 Å². The molecule has 0 saturated heterocycles. The molecule has 0 unspecified atom stereocenters. The topological polar surface area (TPSA) is 106 Å². The highest BCUT2D eigenvalue weighted by Crippen LogP contribution is 2.33. The number of hydrazone groups is 1. The Morgan fingerprint density at radius 3 is 2.33 bits per heavy atom. The third-order valence-electron chi connectivity index (χ3n) is 5.36. The third kappa shape index (κ3) is 6.79. The minimum Gasteiger partial charge on any atom is -0.481 e. The van der Waals surface area contributed by atoms with E-state index in [1.807, 2.05) is 45.0 Å². The number of carbonyl (C=O) groups is 3. The number of benzene rings is 2. The van der Waals surface area contributed by atoms with Gasteiger partial charge in [-0.1, -0.05) is 29.8 Å². The molecule has 0 bridgehead atoms. The molecule has 188 valence electrons. The molecule has 0 aliphatic carbocycles. The van der Waals surface area contributed by atoms with Crippen molar-refractivity contribution in [2.45, 2.75) is 40.7 Å². The lowest BCUT2D eigenvalue weighted by atomic mass is 10.1. The fourth-order valence-electron chi connectivity index (χ4n) is 3.20. The summed E-state index contributed by atoms with van der Waals surface area (Å²) in [5.41, 5.74) is 6.00. The molecule has 3 rings (SSSR count). The minimum atomic E-state index is -0.802. The Balaban J connectivity index is 1.58. The van der Waals surface area contributed by atoms with E-state index in [4.69, 9.17) is 9.47 Å². The van der Waals surface area contributed by atoms with Gasteiger partial charge in [0, 0.05) is 10.4 Å². The maximum Gasteiger partial charge on any atom is 0.341 e. The fraction of sp³-hybridized carbons (Fsp3) is 0.259. The van der Waals surface area contributed by atoms with Gasteiger partial charge in [0.15, 0.2) is 6.10 Å². The first kappa shape index (κ1) is 26.6. The maximum absolute atomic E-state index is 12.8. The number of rotatable bonds is 9. The lowest BCUT2D eigenvalue weighted by Crippen LogP contribution is -2.33. The standard InChI is InChI=1S/C27H29N3O5S/c1-6-34-27(33)23-17(3)19(5)36-26(23)29-25(32)21-11-13-22(14-12-21)35-18(4)24(31)30-28-15-20-9-7-16(2)8-10-20/h7-15,18H,6H2,1-5H3,(H,29,32)(H,30,31)/b28-15-/t18-/m0/s1. The molecule has 0 radical (unpaired) electrons. The first-order valence-corrected chi connectivity index (χ1v) is 12.3. The molecule has 2 aromatic carbocycles. The van der Waals surface area contributed by atoms with Crippen LogP contribution in [0.3, 0.4) is 0 Å². The Morgan fingerprint density at radius 2 is 1.69 bits per heavy atom. The zero-order valence-electron chi connectivity index (χ0n) is 20.9. The third-order valence-corrected chi connectivity index (χ3v) is 6.48. The molecule has 1 aromatic heterocycles. The first-order valence-electron chi connectivity index (χ1n) is 11.4. The van der Waals surface area contributed by atoms with Crippen LogP contribution in [-0.4, -0.2) is 36.7 Å². The van der Waals surface area contributed by atoms with Crippen LogP contribution in [0.4, 0.5) is 5.00 Å². The summed E-state index contributed by atoms with van der Waals surface area (Å²) in [6.07, 6.45) is 0.755. The average Bonchev–Trinajstić information content (AvgIpc) is 3.13. The number of thiophene rings is 1. The van der Waals surface area contributed by atoms with Gasteiger partial charge in [0.1, 0.15) is 10.8 Å². The van der Waals surface area contributed by atoms with E-state index in [0.29, 0.717) is 21.9 Å². The van der Waals surface area contributed by atoms with Crippen LogP contribution in [-0.2, 0) is 9.53 Å². The number of hydrogen-bond acceptors (Lipinski definition) is 7. The number of ether oxygens (including phenoxy) is 2. The number of anilines is 1. The van der Waals surface area contributed by atoms with Crippen molar-refractivity contribution in [2.24, 2.45) is 5.10 Å². The second-order valence-electron chi connectivity index (χ2n) is 8.09. The molecule has 3 aromatic rings. The Labute approximate surface area is 214 Å². The first-order chi connectivity index (χ1) is 17.2. The molecular formula is C27H29N3O5S. The molecule has 2 N–H and O–H groups in total. The normalized spacial score (nSPS) is 11.7. The van der Waals surface area contributed by atoms with Gasteiger partial charge in [-0.05, 0) is 70.0 Å². The summed E-state index contributed by atoms with van der Waals surface area (Å²) < 4.78 is 10.8. The van der Waals surface area contributed by atoms with Gasteiger partial charge < -0.3 is 14.8 Å². The molecule has 1 heterocycles. The molecule has 1 atom stereocenters. The summed E-state index contributed by atoms with van der Waals surface area (Å²) in [5, 5.41) is 7.21. The molecule has 8 nitrogen and oxygen atoms in total. The number of esters is 1. The van der Waals surface area contributed by atoms with Crippen LogP contribution in [0.25, 0.3) is 0 Å². The Hall–Kier alpha value is -3.98. The summed E-state index contributed by atoms with van der Waals surface area (Å²) in [5.74, 6) is -0.819. The van der Waals surface area contributed by atoms with Crippen molar-refractivity contribution in [3.8, 4) is 5.75 Å². The molecule has 9 heteroatoms. The van der Waals surface area contributed by atoms with Crippen LogP contribution >= 0.6 is 11.3 Å². The van der Waals surface area contributed by atoms with Crippen molar-refractivity contribution in [1.82, 2.24) is 5.43 Å². The highest BCUT2D eigenvalue weighted by atomic mass is 32.1. The molecule has 0 spiro atoms. The lowest BCUT2D eigenvalue weighted by molar-refractivity contribution is -0.127. The van der Waals surface area contributed by atoms with Gasteiger partial charge in [-0.15, -0.1) is 11.3 Å². The van der Waals surface area contributed by atoms with Crippen molar-refractivity contribution < 1.29 is 23.9 Å². The van der Waals surface area contributed by atoms with E-state index in [9.17, 15) is 14.4 Å². The Morgan fingerprint density at radius 1 is 1.03 bits per heavy atom. The molecule has 36 heavy (non-hydrogen) atoms. The number of nitrogens with zero attached hydrogens (tertiary/aromatic N) is 1. The SMILES string of the molecule is CCOC(=O)c1c(NC(=O)c2ccc(O[C@@H](C)C(=O)N/N=C\c3ccc(C)cc3)cc2)sc(C)c1C. The molecule has 2 amide bonds. The van der Waals surface area contributed by atoms with Crippen molar-refractivity contribution in [2.75, 3.05) is 11.9 Å². The van der Waals surface area contributed by atoms with E-state index in [1.165, 1.54) is 11.3 Å². The molecule has 0 aliphatic heterocycles. The van der Waals surface area contributed by atoms with Crippen LogP contribution in [0, 0.1) is 20.8 Å². The molecule has 0 fully saturated rings. The van der Waals surface area contributed by atoms with Gasteiger partial charge in [-0.3, -0.25) is 9.59 Å². The summed E-state index contributed by atoms with van der Waals surface area (Å²) >= 11 is 1.33. The largest absolute Gasteiger partial charge is 0.481 e. The summed E-state index contributed by atoms with van der Waals surface area (Å²) in [4.78, 5) is 38.3. The highest BCUT2D eigenvalue weighted by Gasteiger charge is 2.22. The van der Waals surface area contributed by atoms with E-state index in [-0.39, 0.29) is 12.5 Å². The fourth-order valence-corrected chi connectivity index (χ4v) is 4.24. The van der Waals surface area contributed by atoms with E-state index >= 15 is 0 Å². The molecule has 0 aliphatic rings. The van der Waals surface area contributed by atoms with Crippen molar-refractivity contribution in [3.63, 3.8) is 0 Å². The second kappa shape index (κ2) is 12.1. The number of amides is 2. The van der Waals surface area contributed by atoms with Gasteiger partial charge in [0.25, 0.3) is 11.8 Å². The van der Waals surface area contributed by atoms with E-state index < -0.39 is 18.0 Å². The predicted octanol–water partition coefficient (Wildman–Crippen LogP) is 5.02. The highest BCUT2D eigenvalue weighted by molar-refractivity contribution is 7.16. The number of carbonyl (C=O) groups excluding carboxylic acids is 3. The Bertz CT molecular complexity index is 1260. The number of hydrogen-bond donors (Lipinski definition) is 2. The number of nitrogens with one attached hydrogen (secondary N) is 2. The van der Waals surface area contributed by atoms with E-state index in [2.05, 4.69) is 15.8 Å². The summed E-state index contributed by atoms with van der Waals surface area (Å²) in [6, 6.07) is 14.1. The van der Waals surface area contributed by atoms with Gasteiger partial charge in [0.05, 0.1) is 18.4 Å². The van der Waals surface area contributed by atoms with E-state index in [0.717, 1.165) is 21.6 Å². The van der Waals surface area contributed by atoms with Crippen LogP contribution in [0.15, 0.2) is 53.6 Å². The predicted molar refractivity (Wildman–Crippen MR) is 141 cm³/mol. The Kier molecular flexibility index (Phi) is 8.97. The zero-order valence-corrected chi connectivity index (χ0v) is 21.7. The van der Waals surface area contributed by atoms with Crippen LogP contribution < -0.4 is 15.5 Å². The quantitative estimate of drug-likeness (QED) is 0.240. The van der Waals surface area contributed by atoms with Crippen molar-refractivity contribution in [1.29, 1.82) is 0 Å².